The summed E-state index contributed by atoms with van der Waals surface area (Å²) in [5, 5.41) is 0.787. The van der Waals surface area contributed by atoms with Crippen LogP contribution in [-0.4, -0.2) is 23.3 Å². The number of hydrogen-bond donors (Lipinski definition) is 0. The Morgan fingerprint density at radius 3 is 2.95 bits per heavy atom. The van der Waals surface area contributed by atoms with E-state index in [1.165, 1.54) is 24.8 Å². The predicted molar refractivity (Wildman–Crippen MR) is 79.4 cm³/mol. The minimum Gasteiger partial charge on any atom is -0.300 e. The standard InChI is InChI=1S/C16H22ClNO/c1-13(19)10-16-8-3-2-4-9-18(16)12-14-6-5-7-15(17)11-14/h5-7,11,16H,2-4,8-10,12H2,1H3. The van der Waals surface area contributed by atoms with E-state index in [0.29, 0.717) is 18.2 Å². The lowest BCUT2D eigenvalue weighted by Crippen LogP contribution is -2.35. The molecule has 0 aromatic heterocycles. The Balaban J connectivity index is 2.07. The fraction of sp³-hybridized carbons (Fsp3) is 0.562. The van der Waals surface area contributed by atoms with Gasteiger partial charge in [-0.2, -0.15) is 0 Å². The maximum absolute atomic E-state index is 11.4. The first-order valence-electron chi connectivity index (χ1n) is 7.13. The number of Topliss-reactive ketones (excluding diaryl/α,β-unsaturated/α-hetero) is 1. The summed E-state index contributed by atoms with van der Waals surface area (Å²) in [5.74, 6) is 0.294. The van der Waals surface area contributed by atoms with Crippen LogP contribution in [-0.2, 0) is 11.3 Å². The van der Waals surface area contributed by atoms with Gasteiger partial charge in [-0.15, -0.1) is 0 Å². The Morgan fingerprint density at radius 2 is 2.21 bits per heavy atom. The fourth-order valence-corrected chi connectivity index (χ4v) is 3.09. The van der Waals surface area contributed by atoms with Crippen LogP contribution in [0.1, 0.15) is 44.6 Å². The van der Waals surface area contributed by atoms with Crippen LogP contribution in [0.15, 0.2) is 24.3 Å². The number of carbonyl (C=O) groups excluding carboxylic acids is 1. The van der Waals surface area contributed by atoms with Crippen LogP contribution < -0.4 is 0 Å². The highest BCUT2D eigenvalue weighted by Crippen LogP contribution is 2.22. The van der Waals surface area contributed by atoms with E-state index in [-0.39, 0.29) is 0 Å². The number of carbonyl (C=O) groups is 1. The molecule has 0 amide bonds. The Kier molecular flexibility index (Phi) is 5.41. The summed E-state index contributed by atoms with van der Waals surface area (Å²) in [4.78, 5) is 13.9. The van der Waals surface area contributed by atoms with Crippen LogP contribution in [0, 0.1) is 0 Å². The normalized spacial score (nSPS) is 21.1. The van der Waals surface area contributed by atoms with Crippen molar-refractivity contribution in [1.29, 1.82) is 0 Å². The van der Waals surface area contributed by atoms with Gasteiger partial charge in [-0.3, -0.25) is 9.69 Å². The van der Waals surface area contributed by atoms with Crippen molar-refractivity contribution in [2.45, 2.75) is 51.6 Å². The van der Waals surface area contributed by atoms with Crippen LogP contribution in [0.2, 0.25) is 5.02 Å². The zero-order valence-corrected chi connectivity index (χ0v) is 12.3. The van der Waals surface area contributed by atoms with E-state index >= 15 is 0 Å². The van der Waals surface area contributed by atoms with Crippen LogP contribution >= 0.6 is 11.6 Å². The fourth-order valence-electron chi connectivity index (χ4n) is 2.88. The molecule has 104 valence electrons. The van der Waals surface area contributed by atoms with Crippen LogP contribution in [0.3, 0.4) is 0 Å². The first-order chi connectivity index (χ1) is 9.15. The average Bonchev–Trinajstić information content (AvgIpc) is 2.55. The molecule has 0 N–H and O–H groups in total. The minimum absolute atomic E-state index is 0.294. The molecule has 1 heterocycles. The predicted octanol–water partition coefficient (Wildman–Crippen LogP) is 4.06. The molecule has 0 bridgehead atoms. The third kappa shape index (κ3) is 4.63. The Bertz CT molecular complexity index is 433. The molecule has 1 saturated heterocycles. The number of benzene rings is 1. The molecule has 1 fully saturated rings. The monoisotopic (exact) mass is 279 g/mol. The van der Waals surface area contributed by atoms with Crippen molar-refractivity contribution in [2.75, 3.05) is 6.54 Å². The first kappa shape index (κ1) is 14.5. The van der Waals surface area contributed by atoms with E-state index in [1.807, 2.05) is 18.2 Å². The van der Waals surface area contributed by atoms with Crippen LogP contribution in [0.5, 0.6) is 0 Å². The lowest BCUT2D eigenvalue weighted by atomic mass is 10.0. The minimum atomic E-state index is 0.294. The molecule has 1 atom stereocenters. The topological polar surface area (TPSA) is 20.3 Å². The van der Waals surface area contributed by atoms with Crippen molar-refractivity contribution >= 4 is 17.4 Å². The molecule has 0 radical (unpaired) electrons. The van der Waals surface area contributed by atoms with Gasteiger partial charge in [0.25, 0.3) is 0 Å². The summed E-state index contributed by atoms with van der Waals surface area (Å²) in [5.41, 5.74) is 1.24. The molecule has 1 aliphatic rings. The maximum atomic E-state index is 11.4. The number of halogens is 1. The van der Waals surface area contributed by atoms with E-state index in [0.717, 1.165) is 24.5 Å². The second kappa shape index (κ2) is 7.06. The summed E-state index contributed by atoms with van der Waals surface area (Å²) >= 11 is 6.04. The van der Waals surface area contributed by atoms with Gasteiger partial charge in [0, 0.05) is 24.0 Å². The van der Waals surface area contributed by atoms with Crippen molar-refractivity contribution in [3.63, 3.8) is 0 Å². The Hall–Kier alpha value is -0.860. The van der Waals surface area contributed by atoms with Gasteiger partial charge in [0.15, 0.2) is 0 Å². The van der Waals surface area contributed by atoms with E-state index < -0.39 is 0 Å². The number of rotatable bonds is 4. The molecule has 1 unspecified atom stereocenters. The van der Waals surface area contributed by atoms with Crippen LogP contribution in [0.25, 0.3) is 0 Å². The van der Waals surface area contributed by atoms with Gasteiger partial charge < -0.3 is 0 Å². The summed E-state index contributed by atoms with van der Waals surface area (Å²) in [6.45, 7) is 3.69. The number of hydrogen-bond acceptors (Lipinski definition) is 2. The van der Waals surface area contributed by atoms with E-state index in [1.54, 1.807) is 6.92 Å². The van der Waals surface area contributed by atoms with Gasteiger partial charge >= 0.3 is 0 Å². The Labute approximate surface area is 120 Å². The van der Waals surface area contributed by atoms with Gasteiger partial charge in [-0.1, -0.05) is 36.6 Å². The largest absolute Gasteiger partial charge is 0.300 e. The van der Waals surface area contributed by atoms with E-state index in [9.17, 15) is 4.79 Å². The molecule has 0 saturated carbocycles. The molecular weight excluding hydrogens is 258 g/mol. The van der Waals surface area contributed by atoms with Crippen molar-refractivity contribution in [2.24, 2.45) is 0 Å². The molecule has 2 nitrogen and oxygen atoms in total. The highest BCUT2D eigenvalue weighted by molar-refractivity contribution is 6.30. The van der Waals surface area contributed by atoms with E-state index in [4.69, 9.17) is 11.6 Å². The molecule has 1 aromatic rings. The Morgan fingerprint density at radius 1 is 1.37 bits per heavy atom. The molecular formula is C16H22ClNO. The molecule has 0 aliphatic carbocycles. The summed E-state index contributed by atoms with van der Waals surface area (Å²) in [6.07, 6.45) is 5.57. The van der Waals surface area contributed by atoms with E-state index in [2.05, 4.69) is 11.0 Å². The molecule has 1 aliphatic heterocycles. The lowest BCUT2D eigenvalue weighted by Gasteiger charge is -2.29. The zero-order chi connectivity index (χ0) is 13.7. The van der Waals surface area contributed by atoms with Crippen LogP contribution in [0.4, 0.5) is 0 Å². The molecule has 0 spiro atoms. The van der Waals surface area contributed by atoms with Crippen molar-refractivity contribution in [3.8, 4) is 0 Å². The van der Waals surface area contributed by atoms with Crippen molar-refractivity contribution in [3.05, 3.63) is 34.9 Å². The summed E-state index contributed by atoms with van der Waals surface area (Å²) in [7, 11) is 0. The zero-order valence-electron chi connectivity index (χ0n) is 11.6. The van der Waals surface area contributed by atoms with Gasteiger partial charge in [0.1, 0.15) is 5.78 Å². The summed E-state index contributed by atoms with van der Waals surface area (Å²) < 4.78 is 0. The van der Waals surface area contributed by atoms with Gasteiger partial charge in [0.2, 0.25) is 0 Å². The smallest absolute Gasteiger partial charge is 0.131 e. The second-order valence-corrected chi connectivity index (χ2v) is 5.95. The summed E-state index contributed by atoms with van der Waals surface area (Å²) in [6, 6.07) is 8.44. The first-order valence-corrected chi connectivity index (χ1v) is 7.51. The SMILES string of the molecule is CC(=O)CC1CCCCCN1Cc1cccc(Cl)c1. The van der Waals surface area contributed by atoms with Crippen molar-refractivity contribution in [1.82, 2.24) is 4.90 Å². The number of nitrogens with zero attached hydrogens (tertiary/aromatic N) is 1. The van der Waals surface area contributed by atoms with Crippen molar-refractivity contribution < 1.29 is 4.79 Å². The third-order valence-corrected chi connectivity index (χ3v) is 4.03. The highest BCUT2D eigenvalue weighted by atomic mass is 35.5. The highest BCUT2D eigenvalue weighted by Gasteiger charge is 2.22. The number of ketones is 1. The van der Waals surface area contributed by atoms with Gasteiger partial charge in [-0.05, 0) is 44.0 Å². The molecule has 2 rings (SSSR count). The molecule has 1 aromatic carbocycles. The second-order valence-electron chi connectivity index (χ2n) is 5.51. The lowest BCUT2D eigenvalue weighted by molar-refractivity contribution is -0.118. The maximum Gasteiger partial charge on any atom is 0.131 e. The number of likely N-dealkylation sites (tertiary alicyclic amines) is 1. The van der Waals surface area contributed by atoms with Gasteiger partial charge in [0.05, 0.1) is 0 Å². The average molecular weight is 280 g/mol. The quantitative estimate of drug-likeness (QED) is 0.828. The third-order valence-electron chi connectivity index (χ3n) is 3.80. The molecule has 19 heavy (non-hydrogen) atoms. The molecule has 3 heteroatoms. The van der Waals surface area contributed by atoms with Gasteiger partial charge in [-0.25, -0.2) is 0 Å².